The molecule has 1 N–H and O–H groups in total. The summed E-state index contributed by atoms with van der Waals surface area (Å²) in [6, 6.07) is 14.4. The second kappa shape index (κ2) is 7.80. The first kappa shape index (κ1) is 18.3. The number of rotatable bonds is 5. The SMILES string of the molecule is Cc1c(Cl)cccc1NC(=O)C(C)Sc1c([O-])on[n+]1-c1ccccc1. The summed E-state index contributed by atoms with van der Waals surface area (Å²) in [5.74, 6) is -0.835. The Balaban J connectivity index is 1.78. The highest BCUT2D eigenvalue weighted by molar-refractivity contribution is 8.00. The summed E-state index contributed by atoms with van der Waals surface area (Å²) < 4.78 is 6.16. The predicted molar refractivity (Wildman–Crippen MR) is 97.6 cm³/mol. The molecule has 1 aromatic heterocycles. The van der Waals surface area contributed by atoms with Gasteiger partial charge in [-0.3, -0.25) is 4.79 Å². The number of thioether (sulfide) groups is 1. The molecule has 1 heterocycles. The van der Waals surface area contributed by atoms with Gasteiger partial charge in [-0.2, -0.15) is 0 Å². The Bertz CT molecular complexity index is 931. The summed E-state index contributed by atoms with van der Waals surface area (Å²) in [4.78, 5) is 12.5. The number of nitrogens with one attached hydrogen (secondary N) is 1. The summed E-state index contributed by atoms with van der Waals surface area (Å²) in [6.07, 6.45) is 0. The summed E-state index contributed by atoms with van der Waals surface area (Å²) >= 11 is 7.16. The molecule has 3 aromatic rings. The van der Waals surface area contributed by atoms with E-state index in [1.54, 1.807) is 37.3 Å². The standard InChI is InChI=1S/C18H16ClN3O3S/c1-11-14(19)9-6-10-15(11)20-16(23)12(2)26-17-18(24)25-21-22(17)13-7-4-3-5-8-13/h3-10,12H,1-2H3,(H-,20,21,23,24). The highest BCUT2D eigenvalue weighted by Crippen LogP contribution is 2.29. The van der Waals surface area contributed by atoms with Crippen LogP contribution in [0.25, 0.3) is 5.69 Å². The molecule has 0 bridgehead atoms. The molecule has 0 spiro atoms. The van der Waals surface area contributed by atoms with Crippen LogP contribution >= 0.6 is 23.4 Å². The molecule has 0 saturated carbocycles. The van der Waals surface area contributed by atoms with E-state index in [2.05, 4.69) is 10.6 Å². The van der Waals surface area contributed by atoms with Crippen molar-refractivity contribution in [1.82, 2.24) is 5.27 Å². The van der Waals surface area contributed by atoms with E-state index in [4.69, 9.17) is 16.1 Å². The Morgan fingerprint density at radius 1 is 1.27 bits per heavy atom. The second-order valence-corrected chi connectivity index (χ2v) is 7.31. The highest BCUT2D eigenvalue weighted by Gasteiger charge is 2.26. The van der Waals surface area contributed by atoms with Crippen molar-refractivity contribution in [3.63, 3.8) is 0 Å². The van der Waals surface area contributed by atoms with Crippen molar-refractivity contribution in [2.75, 3.05) is 5.32 Å². The van der Waals surface area contributed by atoms with E-state index >= 15 is 0 Å². The average molecular weight is 390 g/mol. The molecule has 3 rings (SSSR count). The van der Waals surface area contributed by atoms with Crippen LogP contribution in [0.3, 0.4) is 0 Å². The Kier molecular flexibility index (Phi) is 5.49. The Labute approximate surface area is 159 Å². The van der Waals surface area contributed by atoms with Crippen LogP contribution < -0.4 is 15.1 Å². The number of hydrogen-bond donors (Lipinski definition) is 1. The fraction of sp³-hybridized carbons (Fsp3) is 0.167. The van der Waals surface area contributed by atoms with Crippen molar-refractivity contribution >= 4 is 35.0 Å². The van der Waals surface area contributed by atoms with Crippen molar-refractivity contribution in [2.24, 2.45) is 0 Å². The van der Waals surface area contributed by atoms with Gasteiger partial charge in [-0.15, -0.1) is 0 Å². The lowest BCUT2D eigenvalue weighted by Gasteiger charge is -2.12. The molecule has 1 atom stereocenters. The van der Waals surface area contributed by atoms with Crippen LogP contribution in [0.4, 0.5) is 5.69 Å². The quantitative estimate of drug-likeness (QED) is 0.535. The lowest BCUT2D eigenvalue weighted by Crippen LogP contribution is -2.36. The molecule has 0 aliphatic heterocycles. The van der Waals surface area contributed by atoms with Gasteiger partial charge < -0.3 is 14.9 Å². The maximum Gasteiger partial charge on any atom is 0.298 e. The van der Waals surface area contributed by atoms with Crippen LogP contribution in [0, 0.1) is 6.92 Å². The van der Waals surface area contributed by atoms with E-state index in [1.807, 2.05) is 25.1 Å². The average Bonchev–Trinajstić information content (AvgIpc) is 3.00. The highest BCUT2D eigenvalue weighted by atomic mass is 35.5. The Hall–Kier alpha value is -2.51. The minimum Gasteiger partial charge on any atom is -0.538 e. The molecule has 0 radical (unpaired) electrons. The lowest BCUT2D eigenvalue weighted by atomic mass is 10.2. The van der Waals surface area contributed by atoms with Crippen molar-refractivity contribution in [3.8, 4) is 11.6 Å². The number of aromatic nitrogens is 2. The summed E-state index contributed by atoms with van der Waals surface area (Å²) in [5, 5.41) is 18.9. The second-order valence-electron chi connectivity index (χ2n) is 5.57. The minimum absolute atomic E-state index is 0.238. The maximum atomic E-state index is 12.5. The van der Waals surface area contributed by atoms with Crippen LogP contribution in [-0.4, -0.2) is 16.4 Å². The smallest absolute Gasteiger partial charge is 0.298 e. The molecule has 134 valence electrons. The van der Waals surface area contributed by atoms with Crippen LogP contribution in [0.1, 0.15) is 12.5 Å². The largest absolute Gasteiger partial charge is 0.538 e. The van der Waals surface area contributed by atoms with Gasteiger partial charge in [0.05, 0.1) is 10.5 Å². The first-order valence-electron chi connectivity index (χ1n) is 7.84. The molecule has 8 heteroatoms. The number of benzene rings is 2. The fourth-order valence-electron chi connectivity index (χ4n) is 2.27. The van der Waals surface area contributed by atoms with Gasteiger partial charge in [0.1, 0.15) is 0 Å². The van der Waals surface area contributed by atoms with Gasteiger partial charge >= 0.3 is 0 Å². The molecular weight excluding hydrogens is 374 g/mol. The number of halogens is 1. The maximum absolute atomic E-state index is 12.5. The van der Waals surface area contributed by atoms with Gasteiger partial charge in [0.25, 0.3) is 5.03 Å². The number of carbonyl (C=O) groups excluding carboxylic acids is 1. The van der Waals surface area contributed by atoms with Crippen molar-refractivity contribution < 1.29 is 19.1 Å². The van der Waals surface area contributed by atoms with Gasteiger partial charge in [0, 0.05) is 22.8 Å². The predicted octanol–water partition coefficient (Wildman–Crippen LogP) is 3.11. The minimum atomic E-state index is -0.586. The number of amides is 1. The molecule has 0 saturated heterocycles. The monoisotopic (exact) mass is 389 g/mol. The fourth-order valence-corrected chi connectivity index (χ4v) is 3.32. The molecule has 0 fully saturated rings. The van der Waals surface area contributed by atoms with Gasteiger partial charge in [-0.1, -0.05) is 35.9 Å². The first-order valence-corrected chi connectivity index (χ1v) is 9.10. The van der Waals surface area contributed by atoms with Crippen LogP contribution in [0.2, 0.25) is 5.02 Å². The van der Waals surface area contributed by atoms with Crippen LogP contribution in [0.15, 0.2) is 58.1 Å². The number of hydrogen-bond acceptors (Lipinski definition) is 5. The molecule has 1 amide bonds. The molecular formula is C18H16ClN3O3S. The zero-order valence-corrected chi connectivity index (χ0v) is 15.7. The van der Waals surface area contributed by atoms with E-state index in [0.29, 0.717) is 16.4 Å². The third-order valence-corrected chi connectivity index (χ3v) is 5.30. The summed E-state index contributed by atoms with van der Waals surface area (Å²) in [6.45, 7) is 3.54. The normalized spacial score (nSPS) is 12.0. The van der Waals surface area contributed by atoms with Crippen molar-refractivity contribution in [1.29, 1.82) is 0 Å². The van der Waals surface area contributed by atoms with Gasteiger partial charge in [-0.05, 0) is 48.0 Å². The molecule has 2 aromatic carbocycles. The molecule has 0 aliphatic carbocycles. The summed E-state index contributed by atoms with van der Waals surface area (Å²) in [7, 11) is 0. The van der Waals surface area contributed by atoms with E-state index in [-0.39, 0.29) is 10.9 Å². The van der Waals surface area contributed by atoms with Crippen LogP contribution in [-0.2, 0) is 4.79 Å². The number of para-hydroxylation sites is 1. The van der Waals surface area contributed by atoms with Gasteiger partial charge in [-0.25, -0.2) is 0 Å². The van der Waals surface area contributed by atoms with Gasteiger partial charge in [0.15, 0.2) is 5.95 Å². The third-order valence-electron chi connectivity index (χ3n) is 3.76. The Morgan fingerprint density at radius 2 is 2.00 bits per heavy atom. The molecule has 26 heavy (non-hydrogen) atoms. The number of carbonyl (C=O) groups is 1. The van der Waals surface area contributed by atoms with E-state index in [1.165, 1.54) is 4.68 Å². The van der Waals surface area contributed by atoms with E-state index < -0.39 is 11.2 Å². The third kappa shape index (κ3) is 3.84. The van der Waals surface area contributed by atoms with Crippen molar-refractivity contribution in [3.05, 3.63) is 59.1 Å². The number of anilines is 1. The molecule has 1 unspecified atom stereocenters. The van der Waals surface area contributed by atoms with Gasteiger partial charge in [0.2, 0.25) is 11.6 Å². The molecule has 6 nitrogen and oxygen atoms in total. The zero-order chi connectivity index (χ0) is 18.7. The summed E-state index contributed by atoms with van der Waals surface area (Å²) in [5.41, 5.74) is 2.10. The lowest BCUT2D eigenvalue weighted by molar-refractivity contribution is -0.705. The van der Waals surface area contributed by atoms with Crippen LogP contribution in [0.5, 0.6) is 5.95 Å². The topological polar surface area (TPSA) is 82.1 Å². The molecule has 0 aliphatic rings. The van der Waals surface area contributed by atoms with E-state index in [9.17, 15) is 9.90 Å². The first-order chi connectivity index (χ1) is 12.5. The van der Waals surface area contributed by atoms with Crippen molar-refractivity contribution in [2.45, 2.75) is 24.1 Å². The zero-order valence-electron chi connectivity index (χ0n) is 14.1. The Morgan fingerprint density at radius 3 is 2.73 bits per heavy atom. The van der Waals surface area contributed by atoms with E-state index in [0.717, 1.165) is 17.3 Å². The number of nitrogens with zero attached hydrogens (tertiary/aromatic N) is 2.